The fourth-order valence-electron chi connectivity index (χ4n) is 5.70. The van der Waals surface area contributed by atoms with Gasteiger partial charge in [0.2, 0.25) is 0 Å². The van der Waals surface area contributed by atoms with Crippen LogP contribution in [0.15, 0.2) is 109 Å². The summed E-state index contributed by atoms with van der Waals surface area (Å²) in [6.07, 6.45) is 0. The SMILES string of the molecule is Clc1ccc2sc3ccc(-n4c5ccc6ccccc6c5c5c6ccccc6ccc54)cc3c2c1. The van der Waals surface area contributed by atoms with Gasteiger partial charge in [0.25, 0.3) is 0 Å². The number of fused-ring (bicyclic) bond motifs is 10. The standard InChI is InChI=1S/C32H18ClNS/c33-21-11-15-29-25(17-21)26-18-22(12-16-30(26)35-29)34-27-13-9-19-5-1-3-7-23(19)31(27)32-24-8-4-2-6-20(24)10-14-28(32)34/h1-18H. The van der Waals surface area contributed by atoms with Gasteiger partial charge >= 0.3 is 0 Å². The van der Waals surface area contributed by atoms with Gasteiger partial charge in [0, 0.05) is 41.7 Å². The molecule has 35 heavy (non-hydrogen) atoms. The second kappa shape index (κ2) is 7.08. The van der Waals surface area contributed by atoms with Gasteiger partial charge < -0.3 is 4.57 Å². The molecule has 0 fully saturated rings. The van der Waals surface area contributed by atoms with Crippen molar-refractivity contribution in [1.82, 2.24) is 4.57 Å². The Balaban J connectivity index is 1.57. The molecule has 8 rings (SSSR count). The number of rotatable bonds is 1. The molecular weight excluding hydrogens is 466 g/mol. The van der Waals surface area contributed by atoms with Crippen LogP contribution >= 0.6 is 22.9 Å². The smallest absolute Gasteiger partial charge is 0.0547 e. The van der Waals surface area contributed by atoms with Crippen LogP contribution in [0.2, 0.25) is 5.02 Å². The lowest BCUT2D eigenvalue weighted by atomic mass is 10.00. The maximum atomic E-state index is 6.38. The summed E-state index contributed by atoms with van der Waals surface area (Å²) < 4.78 is 4.97. The van der Waals surface area contributed by atoms with E-state index in [1.165, 1.54) is 69.2 Å². The van der Waals surface area contributed by atoms with Crippen molar-refractivity contribution < 1.29 is 0 Å². The molecule has 0 atom stereocenters. The zero-order valence-electron chi connectivity index (χ0n) is 18.6. The van der Waals surface area contributed by atoms with E-state index in [9.17, 15) is 0 Å². The Bertz CT molecular complexity index is 2040. The summed E-state index contributed by atoms with van der Waals surface area (Å²) in [7, 11) is 0. The maximum absolute atomic E-state index is 6.38. The van der Waals surface area contributed by atoms with Crippen molar-refractivity contribution in [2.75, 3.05) is 0 Å². The van der Waals surface area contributed by atoms with Crippen LogP contribution in [-0.2, 0) is 0 Å². The number of nitrogens with zero attached hydrogens (tertiary/aromatic N) is 1. The van der Waals surface area contributed by atoms with Crippen LogP contribution in [0.4, 0.5) is 0 Å². The van der Waals surface area contributed by atoms with Crippen LogP contribution in [0, 0.1) is 0 Å². The molecule has 3 heteroatoms. The van der Waals surface area contributed by atoms with Crippen LogP contribution in [-0.4, -0.2) is 4.57 Å². The van der Waals surface area contributed by atoms with Crippen LogP contribution in [0.3, 0.4) is 0 Å². The average Bonchev–Trinajstić information content (AvgIpc) is 3.44. The molecule has 2 heterocycles. The molecule has 6 aromatic carbocycles. The van der Waals surface area contributed by atoms with Crippen molar-refractivity contribution in [2.24, 2.45) is 0 Å². The number of hydrogen-bond acceptors (Lipinski definition) is 1. The lowest BCUT2D eigenvalue weighted by Gasteiger charge is -2.09. The van der Waals surface area contributed by atoms with Crippen LogP contribution in [0.1, 0.15) is 0 Å². The first-order chi connectivity index (χ1) is 17.3. The molecule has 0 aliphatic rings. The van der Waals surface area contributed by atoms with Gasteiger partial charge in [0.05, 0.1) is 11.0 Å². The summed E-state index contributed by atoms with van der Waals surface area (Å²) in [4.78, 5) is 0. The molecule has 1 nitrogen and oxygen atoms in total. The Morgan fingerprint density at radius 1 is 0.514 bits per heavy atom. The molecule has 0 spiro atoms. The van der Waals surface area contributed by atoms with Crippen molar-refractivity contribution in [3.63, 3.8) is 0 Å². The van der Waals surface area contributed by atoms with E-state index >= 15 is 0 Å². The third kappa shape index (κ3) is 2.70. The molecule has 2 aromatic heterocycles. The van der Waals surface area contributed by atoms with Gasteiger partial charge in [-0.3, -0.25) is 0 Å². The normalized spacial score (nSPS) is 12.1. The fraction of sp³-hybridized carbons (Fsp3) is 0. The predicted molar refractivity (Wildman–Crippen MR) is 154 cm³/mol. The zero-order chi connectivity index (χ0) is 23.1. The van der Waals surface area contributed by atoms with E-state index in [0.29, 0.717) is 0 Å². The third-order valence-electron chi connectivity index (χ3n) is 7.22. The van der Waals surface area contributed by atoms with E-state index in [1.54, 1.807) is 0 Å². The molecule has 0 aliphatic heterocycles. The molecule has 8 aromatic rings. The van der Waals surface area contributed by atoms with Gasteiger partial charge in [-0.15, -0.1) is 11.3 Å². The molecule has 0 bridgehead atoms. The number of halogens is 1. The maximum Gasteiger partial charge on any atom is 0.0547 e. The molecule has 0 aliphatic carbocycles. The largest absolute Gasteiger partial charge is 0.309 e. The van der Waals surface area contributed by atoms with Gasteiger partial charge in [-0.05, 0) is 70.1 Å². The number of thiophene rings is 1. The summed E-state index contributed by atoms with van der Waals surface area (Å²) in [5.74, 6) is 0. The van der Waals surface area contributed by atoms with Crippen LogP contribution in [0.25, 0.3) is 69.2 Å². The minimum atomic E-state index is 0.775. The highest BCUT2D eigenvalue weighted by atomic mass is 35.5. The van der Waals surface area contributed by atoms with Gasteiger partial charge in [-0.25, -0.2) is 0 Å². The first-order valence-corrected chi connectivity index (χ1v) is 12.9. The number of benzene rings is 6. The summed E-state index contributed by atoms with van der Waals surface area (Å²) in [5.41, 5.74) is 3.63. The minimum Gasteiger partial charge on any atom is -0.309 e. The van der Waals surface area contributed by atoms with E-state index in [4.69, 9.17) is 11.6 Å². The summed E-state index contributed by atoms with van der Waals surface area (Å²) in [6, 6.07) is 39.5. The van der Waals surface area contributed by atoms with Crippen molar-refractivity contribution in [3.8, 4) is 5.69 Å². The van der Waals surface area contributed by atoms with Crippen molar-refractivity contribution in [1.29, 1.82) is 0 Å². The molecule has 0 amide bonds. The second-order valence-corrected chi connectivity index (χ2v) is 10.6. The van der Waals surface area contributed by atoms with Crippen LogP contribution < -0.4 is 0 Å². The van der Waals surface area contributed by atoms with Gasteiger partial charge in [0.1, 0.15) is 0 Å². The van der Waals surface area contributed by atoms with E-state index < -0.39 is 0 Å². The molecular formula is C32H18ClNS. The Labute approximate surface area is 210 Å². The highest BCUT2D eigenvalue weighted by Crippen LogP contribution is 2.42. The Morgan fingerprint density at radius 2 is 1.09 bits per heavy atom. The number of aromatic nitrogens is 1. The second-order valence-electron chi connectivity index (χ2n) is 9.12. The fourth-order valence-corrected chi connectivity index (χ4v) is 6.94. The number of hydrogen-bond donors (Lipinski definition) is 0. The Morgan fingerprint density at radius 3 is 1.74 bits per heavy atom. The average molecular weight is 484 g/mol. The minimum absolute atomic E-state index is 0.775. The monoisotopic (exact) mass is 483 g/mol. The first-order valence-electron chi connectivity index (χ1n) is 11.7. The third-order valence-corrected chi connectivity index (χ3v) is 8.61. The highest BCUT2D eigenvalue weighted by molar-refractivity contribution is 7.25. The molecule has 164 valence electrons. The van der Waals surface area contributed by atoms with Gasteiger partial charge in [-0.1, -0.05) is 72.3 Å². The molecule has 0 radical (unpaired) electrons. The summed E-state index contributed by atoms with van der Waals surface area (Å²) in [5, 5.41) is 11.0. The van der Waals surface area contributed by atoms with Crippen molar-refractivity contribution in [2.45, 2.75) is 0 Å². The predicted octanol–water partition coefficient (Wildman–Crippen LogP) is 10.1. The summed E-state index contributed by atoms with van der Waals surface area (Å²) >= 11 is 8.20. The highest BCUT2D eigenvalue weighted by Gasteiger charge is 2.17. The van der Waals surface area contributed by atoms with E-state index in [1.807, 2.05) is 17.4 Å². The Kier molecular flexibility index (Phi) is 3.94. The van der Waals surface area contributed by atoms with Gasteiger partial charge in [0.15, 0.2) is 0 Å². The van der Waals surface area contributed by atoms with Gasteiger partial charge in [-0.2, -0.15) is 0 Å². The van der Waals surface area contributed by atoms with Crippen molar-refractivity contribution in [3.05, 3.63) is 114 Å². The lowest BCUT2D eigenvalue weighted by molar-refractivity contribution is 1.19. The Hall–Kier alpha value is -3.85. The van der Waals surface area contributed by atoms with Crippen molar-refractivity contribution >= 4 is 86.5 Å². The van der Waals surface area contributed by atoms with Crippen LogP contribution in [0.5, 0.6) is 0 Å². The zero-order valence-corrected chi connectivity index (χ0v) is 20.2. The summed E-state index contributed by atoms with van der Waals surface area (Å²) in [6.45, 7) is 0. The van der Waals surface area contributed by atoms with E-state index in [2.05, 4.69) is 108 Å². The first kappa shape index (κ1) is 19.5. The molecule has 0 unspecified atom stereocenters. The molecule has 0 N–H and O–H groups in total. The topological polar surface area (TPSA) is 4.93 Å². The van der Waals surface area contributed by atoms with E-state index in [-0.39, 0.29) is 0 Å². The lowest BCUT2D eigenvalue weighted by Crippen LogP contribution is -1.93. The van der Waals surface area contributed by atoms with E-state index in [0.717, 1.165) is 5.02 Å². The quantitative estimate of drug-likeness (QED) is 0.219. The molecule has 0 saturated carbocycles. The molecule has 0 saturated heterocycles.